The minimum atomic E-state index is -2.59. The zero-order chi connectivity index (χ0) is 18.9. The van der Waals surface area contributed by atoms with E-state index in [0.717, 1.165) is 6.42 Å². The minimum absolute atomic E-state index is 0.0976. The van der Waals surface area contributed by atoms with Gasteiger partial charge in [-0.3, -0.25) is 9.59 Å². The van der Waals surface area contributed by atoms with Gasteiger partial charge in [-0.25, -0.2) is 9.19 Å². The van der Waals surface area contributed by atoms with Crippen LogP contribution in [0, 0.1) is 5.41 Å². The molecule has 3 rings (SSSR count). The summed E-state index contributed by atoms with van der Waals surface area (Å²) < 4.78 is 19.0. The van der Waals surface area contributed by atoms with Crippen LogP contribution in [-0.2, 0) is 25.9 Å². The number of hydrogen-bond donors (Lipinski definition) is 0. The van der Waals surface area contributed by atoms with Crippen LogP contribution in [0.1, 0.15) is 32.6 Å². The van der Waals surface area contributed by atoms with Crippen LogP contribution in [0.25, 0.3) is 0 Å². The lowest BCUT2D eigenvalue weighted by Crippen LogP contribution is -2.42. The zero-order valence-corrected chi connectivity index (χ0v) is 17.5. The number of imidazole rings is 1. The minimum Gasteiger partial charge on any atom is -0.343 e. The number of piperidine rings is 1. The standard InChI is InChI=1S/C17H25BrN4O3S/c1-17(11-14(17)18)16(24)20-26(2,25)13-3-8-22(9-4-13)15(23)5-7-21-10-6-19-12-21/h6,10,12-14H,3-5,7-9,11H2,1-2H3. The third kappa shape index (κ3) is 4.19. The molecular formula is C17H25BrN4O3S. The number of carbonyl (C=O) groups is 2. The third-order valence-electron chi connectivity index (χ3n) is 5.44. The predicted molar refractivity (Wildman–Crippen MR) is 103 cm³/mol. The van der Waals surface area contributed by atoms with E-state index in [1.165, 1.54) is 0 Å². The van der Waals surface area contributed by atoms with Gasteiger partial charge in [-0.15, -0.1) is 0 Å². The van der Waals surface area contributed by atoms with Gasteiger partial charge in [-0.1, -0.05) is 15.9 Å². The number of alkyl halides is 1. The molecule has 3 unspecified atom stereocenters. The van der Waals surface area contributed by atoms with Crippen molar-refractivity contribution >= 4 is 37.5 Å². The summed E-state index contributed by atoms with van der Waals surface area (Å²) in [4.78, 5) is 30.6. The first kappa shape index (κ1) is 19.5. The van der Waals surface area contributed by atoms with Crippen molar-refractivity contribution in [2.24, 2.45) is 9.78 Å². The van der Waals surface area contributed by atoms with Crippen molar-refractivity contribution < 1.29 is 13.8 Å². The molecule has 26 heavy (non-hydrogen) atoms. The van der Waals surface area contributed by atoms with Gasteiger partial charge < -0.3 is 9.47 Å². The van der Waals surface area contributed by atoms with Crippen molar-refractivity contribution in [1.82, 2.24) is 14.5 Å². The predicted octanol–water partition coefficient (Wildman–Crippen LogP) is 2.06. The Balaban J connectivity index is 1.53. The average Bonchev–Trinajstić information content (AvgIpc) is 3.01. The Morgan fingerprint density at radius 3 is 2.58 bits per heavy atom. The van der Waals surface area contributed by atoms with Gasteiger partial charge in [0.05, 0.1) is 21.5 Å². The van der Waals surface area contributed by atoms with Gasteiger partial charge in [-0.05, 0) is 26.2 Å². The van der Waals surface area contributed by atoms with Crippen molar-refractivity contribution in [3.63, 3.8) is 0 Å². The molecule has 9 heteroatoms. The lowest BCUT2D eigenvalue weighted by molar-refractivity contribution is -0.132. The molecule has 2 amide bonds. The Bertz CT molecular complexity index is 795. The van der Waals surface area contributed by atoms with Gasteiger partial charge in [0.2, 0.25) is 5.91 Å². The molecule has 2 heterocycles. The average molecular weight is 445 g/mol. The molecule has 1 saturated heterocycles. The molecular weight excluding hydrogens is 420 g/mol. The number of hydrogen-bond acceptors (Lipinski definition) is 4. The molecule has 1 aliphatic heterocycles. The van der Waals surface area contributed by atoms with Crippen molar-refractivity contribution in [2.75, 3.05) is 19.3 Å². The highest BCUT2D eigenvalue weighted by atomic mass is 79.9. The normalized spacial score (nSPS) is 28.4. The Morgan fingerprint density at radius 1 is 1.38 bits per heavy atom. The lowest BCUT2D eigenvalue weighted by atomic mass is 10.1. The van der Waals surface area contributed by atoms with E-state index in [-0.39, 0.29) is 21.9 Å². The van der Waals surface area contributed by atoms with Crippen molar-refractivity contribution in [3.8, 4) is 0 Å². The molecule has 0 radical (unpaired) electrons. The summed E-state index contributed by atoms with van der Waals surface area (Å²) in [5, 5.41) is -0.139. The first-order valence-corrected chi connectivity index (χ1v) is 11.8. The van der Waals surface area contributed by atoms with E-state index in [4.69, 9.17) is 0 Å². The monoisotopic (exact) mass is 444 g/mol. The third-order valence-corrected chi connectivity index (χ3v) is 9.01. The number of amides is 2. The maximum absolute atomic E-state index is 13.0. The molecule has 1 saturated carbocycles. The number of aryl methyl sites for hydroxylation is 1. The molecule has 1 aromatic rings. The fraction of sp³-hybridized carbons (Fsp3) is 0.706. The molecule has 0 N–H and O–H groups in total. The molecule has 2 aliphatic rings. The second-order valence-electron chi connectivity index (χ2n) is 7.48. The number of aromatic nitrogens is 2. The van der Waals surface area contributed by atoms with E-state index in [1.807, 2.05) is 22.6 Å². The van der Waals surface area contributed by atoms with Gasteiger partial charge in [0.15, 0.2) is 0 Å². The molecule has 1 aromatic heterocycles. The van der Waals surface area contributed by atoms with E-state index >= 15 is 0 Å². The molecule has 3 atom stereocenters. The number of rotatable bonds is 5. The summed E-state index contributed by atoms with van der Waals surface area (Å²) in [6, 6.07) is 0. The first-order valence-electron chi connectivity index (χ1n) is 8.85. The van der Waals surface area contributed by atoms with E-state index < -0.39 is 15.1 Å². The van der Waals surface area contributed by atoms with E-state index in [9.17, 15) is 13.8 Å². The highest BCUT2D eigenvalue weighted by Crippen LogP contribution is 2.52. The molecule has 144 valence electrons. The van der Waals surface area contributed by atoms with Crippen LogP contribution in [0.3, 0.4) is 0 Å². The Hall–Kier alpha value is -1.22. The Morgan fingerprint density at radius 2 is 2.04 bits per heavy atom. The van der Waals surface area contributed by atoms with Crippen LogP contribution in [0.5, 0.6) is 0 Å². The van der Waals surface area contributed by atoms with E-state index in [0.29, 0.717) is 38.9 Å². The Kier molecular flexibility index (Phi) is 5.58. The summed E-state index contributed by atoms with van der Waals surface area (Å²) >= 11 is 3.44. The van der Waals surface area contributed by atoms with Crippen molar-refractivity contribution in [3.05, 3.63) is 18.7 Å². The van der Waals surface area contributed by atoms with Crippen LogP contribution in [0.15, 0.2) is 23.1 Å². The van der Waals surface area contributed by atoms with Gasteiger partial charge >= 0.3 is 0 Å². The topological polar surface area (TPSA) is 84.6 Å². The molecule has 0 spiro atoms. The van der Waals surface area contributed by atoms with E-state index in [2.05, 4.69) is 25.3 Å². The van der Waals surface area contributed by atoms with Crippen LogP contribution in [0.2, 0.25) is 0 Å². The quantitative estimate of drug-likeness (QED) is 0.650. The maximum Gasteiger partial charge on any atom is 0.260 e. The molecule has 7 nitrogen and oxygen atoms in total. The lowest BCUT2D eigenvalue weighted by Gasteiger charge is -2.32. The maximum atomic E-state index is 13.0. The van der Waals surface area contributed by atoms with Crippen molar-refractivity contribution in [2.45, 2.75) is 49.2 Å². The zero-order valence-electron chi connectivity index (χ0n) is 15.1. The fourth-order valence-corrected chi connectivity index (χ4v) is 5.86. The second-order valence-corrected chi connectivity index (χ2v) is 11.2. The SMILES string of the molecule is CC1(C(=O)N=S(C)(=O)C2CCN(C(=O)CCn3ccnc3)CC2)CC1Br. The summed E-state index contributed by atoms with van der Waals surface area (Å²) in [6.45, 7) is 3.61. The highest BCUT2D eigenvalue weighted by molar-refractivity contribution is 9.09. The molecule has 2 fully saturated rings. The van der Waals surface area contributed by atoms with Crippen LogP contribution >= 0.6 is 15.9 Å². The fourth-order valence-electron chi connectivity index (χ4n) is 3.22. The van der Waals surface area contributed by atoms with Crippen LogP contribution in [-0.4, -0.2) is 59.9 Å². The summed E-state index contributed by atoms with van der Waals surface area (Å²) in [7, 11) is -2.59. The van der Waals surface area contributed by atoms with Crippen LogP contribution in [0.4, 0.5) is 0 Å². The van der Waals surface area contributed by atoms with Crippen molar-refractivity contribution in [1.29, 1.82) is 0 Å². The summed E-state index contributed by atoms with van der Waals surface area (Å²) in [5.74, 6) is -0.161. The van der Waals surface area contributed by atoms with Gasteiger partial charge in [0, 0.05) is 54.8 Å². The molecule has 0 aromatic carbocycles. The number of carbonyl (C=O) groups excluding carboxylic acids is 2. The number of halogens is 1. The molecule has 1 aliphatic carbocycles. The molecule has 0 bridgehead atoms. The highest BCUT2D eigenvalue weighted by Gasteiger charge is 2.55. The summed E-state index contributed by atoms with van der Waals surface area (Å²) in [6.07, 6.45) is 9.23. The number of nitrogens with zero attached hydrogens (tertiary/aromatic N) is 4. The van der Waals surface area contributed by atoms with Gasteiger partial charge in [-0.2, -0.15) is 4.36 Å². The smallest absolute Gasteiger partial charge is 0.260 e. The Labute approximate surface area is 162 Å². The summed E-state index contributed by atoms with van der Waals surface area (Å²) in [5.41, 5.74) is -0.497. The van der Waals surface area contributed by atoms with Gasteiger partial charge in [0.25, 0.3) is 5.91 Å². The first-order chi connectivity index (χ1) is 12.2. The second kappa shape index (κ2) is 7.42. The largest absolute Gasteiger partial charge is 0.343 e. The van der Waals surface area contributed by atoms with Gasteiger partial charge in [0.1, 0.15) is 0 Å². The number of likely N-dealkylation sites (tertiary alicyclic amines) is 1. The van der Waals surface area contributed by atoms with E-state index in [1.54, 1.807) is 18.8 Å². The van der Waals surface area contributed by atoms with Crippen LogP contribution < -0.4 is 0 Å².